The summed E-state index contributed by atoms with van der Waals surface area (Å²) in [4.78, 5) is 0. The van der Waals surface area contributed by atoms with Gasteiger partial charge in [-0.15, -0.1) is 0 Å². The van der Waals surface area contributed by atoms with Crippen molar-refractivity contribution in [1.29, 1.82) is 0 Å². The maximum atomic E-state index is 10.4. The predicted octanol–water partition coefficient (Wildman–Crippen LogP) is 3.80. The van der Waals surface area contributed by atoms with E-state index >= 15 is 0 Å². The third kappa shape index (κ3) is 2.93. The predicted molar refractivity (Wildman–Crippen MR) is 73.7 cm³/mol. The van der Waals surface area contributed by atoms with E-state index in [9.17, 15) is 5.11 Å². The van der Waals surface area contributed by atoms with Gasteiger partial charge in [-0.25, -0.2) is 0 Å². The van der Waals surface area contributed by atoms with E-state index in [0.29, 0.717) is 12.5 Å². The van der Waals surface area contributed by atoms with Crippen molar-refractivity contribution in [2.45, 2.75) is 57.7 Å². The molecular formula is C16H24O2. The molecule has 0 amide bonds. The summed E-state index contributed by atoms with van der Waals surface area (Å²) in [5.41, 5.74) is 2.38. The van der Waals surface area contributed by atoms with Crippen molar-refractivity contribution >= 4 is 0 Å². The molecule has 1 aliphatic carbocycles. The molecule has 0 aliphatic heterocycles. The van der Waals surface area contributed by atoms with Crippen molar-refractivity contribution in [2.24, 2.45) is 0 Å². The fraction of sp³-hybridized carbons (Fsp3) is 0.625. The van der Waals surface area contributed by atoms with Gasteiger partial charge in [0.2, 0.25) is 0 Å². The van der Waals surface area contributed by atoms with Crippen LogP contribution in [0.1, 0.15) is 62.7 Å². The molecule has 0 aromatic heterocycles. The standard InChI is InChI=1S/C16H24O2/c1-3-15(18-4-2)16(17)14-10-6-9-13(11-14)12-7-5-8-12/h6,9-12,15-17H,3-5,7-8H2,1-2H3. The van der Waals surface area contributed by atoms with Gasteiger partial charge >= 0.3 is 0 Å². The molecule has 18 heavy (non-hydrogen) atoms. The lowest BCUT2D eigenvalue weighted by Crippen LogP contribution is -2.22. The number of ether oxygens (including phenoxy) is 1. The molecule has 2 heteroatoms. The molecule has 1 saturated carbocycles. The van der Waals surface area contributed by atoms with Crippen molar-refractivity contribution < 1.29 is 9.84 Å². The highest BCUT2D eigenvalue weighted by molar-refractivity contribution is 5.29. The van der Waals surface area contributed by atoms with E-state index in [1.807, 2.05) is 13.0 Å². The SMILES string of the molecule is CCOC(CC)C(O)c1cccc(C2CCC2)c1. The molecule has 1 N–H and O–H groups in total. The van der Waals surface area contributed by atoms with Crippen molar-refractivity contribution in [2.75, 3.05) is 6.61 Å². The largest absolute Gasteiger partial charge is 0.386 e. The smallest absolute Gasteiger partial charge is 0.105 e. The molecule has 2 nitrogen and oxygen atoms in total. The molecule has 2 unspecified atom stereocenters. The van der Waals surface area contributed by atoms with Crippen LogP contribution in [0, 0.1) is 0 Å². The van der Waals surface area contributed by atoms with E-state index in [0.717, 1.165) is 12.0 Å². The van der Waals surface area contributed by atoms with E-state index in [1.54, 1.807) is 0 Å². The molecule has 1 fully saturated rings. The van der Waals surface area contributed by atoms with Crippen molar-refractivity contribution in [3.05, 3.63) is 35.4 Å². The molecule has 0 bridgehead atoms. The molecule has 0 spiro atoms. The van der Waals surface area contributed by atoms with Gasteiger partial charge in [0, 0.05) is 6.61 Å². The fourth-order valence-corrected chi connectivity index (χ4v) is 2.60. The Labute approximate surface area is 110 Å². The first-order chi connectivity index (χ1) is 8.76. The lowest BCUT2D eigenvalue weighted by Gasteiger charge is -2.27. The summed E-state index contributed by atoms with van der Waals surface area (Å²) < 4.78 is 5.60. The van der Waals surface area contributed by atoms with E-state index in [1.165, 1.54) is 24.8 Å². The molecule has 2 rings (SSSR count). The molecule has 0 heterocycles. The summed E-state index contributed by atoms with van der Waals surface area (Å²) in [5.74, 6) is 0.712. The Bertz CT molecular complexity index is 371. The highest BCUT2D eigenvalue weighted by Crippen LogP contribution is 2.37. The Morgan fingerprint density at radius 1 is 1.33 bits per heavy atom. The summed E-state index contributed by atoms with van der Waals surface area (Å²) in [7, 11) is 0. The van der Waals surface area contributed by atoms with Gasteiger partial charge in [-0.3, -0.25) is 0 Å². The normalized spacial score (nSPS) is 19.3. The number of hydrogen-bond donors (Lipinski definition) is 1. The van der Waals surface area contributed by atoms with E-state index < -0.39 is 6.10 Å². The third-order valence-corrected chi connectivity index (χ3v) is 3.96. The average Bonchev–Trinajstić information content (AvgIpc) is 2.33. The van der Waals surface area contributed by atoms with Crippen LogP contribution in [-0.4, -0.2) is 17.8 Å². The molecule has 2 atom stereocenters. The number of rotatable bonds is 6. The van der Waals surface area contributed by atoms with E-state index in [2.05, 4.69) is 25.1 Å². The zero-order chi connectivity index (χ0) is 13.0. The first-order valence-electron chi connectivity index (χ1n) is 7.15. The Morgan fingerprint density at radius 3 is 2.67 bits per heavy atom. The Balaban J connectivity index is 2.10. The van der Waals surface area contributed by atoms with Crippen LogP contribution in [0.3, 0.4) is 0 Å². The van der Waals surface area contributed by atoms with E-state index in [4.69, 9.17) is 4.74 Å². The summed E-state index contributed by atoms with van der Waals surface area (Å²) in [6.45, 7) is 4.68. The minimum absolute atomic E-state index is 0.0911. The molecule has 1 aromatic carbocycles. The van der Waals surface area contributed by atoms with Gasteiger partial charge < -0.3 is 9.84 Å². The van der Waals surface area contributed by atoms with Crippen molar-refractivity contribution in [1.82, 2.24) is 0 Å². The maximum absolute atomic E-state index is 10.4. The van der Waals surface area contributed by atoms with Gasteiger partial charge in [0.25, 0.3) is 0 Å². The van der Waals surface area contributed by atoms with Crippen LogP contribution in [0.15, 0.2) is 24.3 Å². The van der Waals surface area contributed by atoms with E-state index in [-0.39, 0.29) is 6.10 Å². The van der Waals surface area contributed by atoms with Gasteiger partial charge in [0.1, 0.15) is 6.10 Å². The lowest BCUT2D eigenvalue weighted by molar-refractivity contribution is -0.0356. The monoisotopic (exact) mass is 248 g/mol. The number of hydrogen-bond acceptors (Lipinski definition) is 2. The lowest BCUT2D eigenvalue weighted by atomic mass is 9.79. The first-order valence-corrected chi connectivity index (χ1v) is 7.15. The van der Waals surface area contributed by atoms with Crippen LogP contribution in [0.4, 0.5) is 0 Å². The van der Waals surface area contributed by atoms with Gasteiger partial charge in [-0.2, -0.15) is 0 Å². The maximum Gasteiger partial charge on any atom is 0.105 e. The molecule has 0 radical (unpaired) electrons. The summed E-state index contributed by atoms with van der Waals surface area (Å²) in [6.07, 6.45) is 4.17. The Kier molecular flexibility index (Phi) is 4.79. The van der Waals surface area contributed by atoms with Gasteiger partial charge in [-0.05, 0) is 43.2 Å². The number of aliphatic hydroxyl groups is 1. The molecule has 1 aromatic rings. The van der Waals surface area contributed by atoms with Crippen LogP contribution in [0.2, 0.25) is 0 Å². The minimum Gasteiger partial charge on any atom is -0.386 e. The zero-order valence-electron chi connectivity index (χ0n) is 11.4. The summed E-state index contributed by atoms with van der Waals surface area (Å²) in [5, 5.41) is 10.4. The summed E-state index contributed by atoms with van der Waals surface area (Å²) in [6, 6.07) is 8.41. The summed E-state index contributed by atoms with van der Waals surface area (Å²) >= 11 is 0. The van der Waals surface area contributed by atoms with Crippen LogP contribution >= 0.6 is 0 Å². The second-order valence-corrected chi connectivity index (χ2v) is 5.14. The topological polar surface area (TPSA) is 29.5 Å². The molecule has 0 saturated heterocycles. The third-order valence-electron chi connectivity index (χ3n) is 3.96. The Morgan fingerprint density at radius 2 is 2.11 bits per heavy atom. The number of benzene rings is 1. The molecule has 100 valence electrons. The van der Waals surface area contributed by atoms with Gasteiger partial charge in [0.15, 0.2) is 0 Å². The molecule has 1 aliphatic rings. The van der Waals surface area contributed by atoms with Gasteiger partial charge in [0.05, 0.1) is 6.10 Å². The van der Waals surface area contributed by atoms with Crippen LogP contribution in [0.25, 0.3) is 0 Å². The zero-order valence-corrected chi connectivity index (χ0v) is 11.4. The minimum atomic E-state index is -0.505. The van der Waals surface area contributed by atoms with Crippen molar-refractivity contribution in [3.63, 3.8) is 0 Å². The van der Waals surface area contributed by atoms with Crippen LogP contribution in [-0.2, 0) is 4.74 Å². The quantitative estimate of drug-likeness (QED) is 0.829. The highest BCUT2D eigenvalue weighted by Gasteiger charge is 2.23. The highest BCUT2D eigenvalue weighted by atomic mass is 16.5. The Hall–Kier alpha value is -0.860. The second-order valence-electron chi connectivity index (χ2n) is 5.14. The van der Waals surface area contributed by atoms with Crippen molar-refractivity contribution in [3.8, 4) is 0 Å². The first kappa shape index (κ1) is 13.6. The molecular weight excluding hydrogens is 224 g/mol. The fourth-order valence-electron chi connectivity index (χ4n) is 2.60. The van der Waals surface area contributed by atoms with Crippen LogP contribution in [0.5, 0.6) is 0 Å². The average molecular weight is 248 g/mol. The second kappa shape index (κ2) is 6.35. The van der Waals surface area contributed by atoms with Gasteiger partial charge in [-0.1, -0.05) is 37.6 Å². The number of aliphatic hydroxyl groups excluding tert-OH is 1. The van der Waals surface area contributed by atoms with Crippen LogP contribution < -0.4 is 0 Å².